The highest BCUT2D eigenvalue weighted by Crippen LogP contribution is 2.57. The number of benzene rings is 12. The van der Waals surface area contributed by atoms with Gasteiger partial charge in [-0.3, -0.25) is 0 Å². The summed E-state index contributed by atoms with van der Waals surface area (Å²) >= 11 is 0. The molecule has 0 aliphatic heterocycles. The summed E-state index contributed by atoms with van der Waals surface area (Å²) in [6.45, 7) is 0. The molecule has 0 radical (unpaired) electrons. The fourth-order valence-electron chi connectivity index (χ4n) is 12.5. The molecule has 14 aromatic rings. The molecule has 0 saturated carbocycles. The average molecular weight is 1010 g/mol. The first kappa shape index (κ1) is 46.0. The molecule has 12 aromatic carbocycles. The van der Waals surface area contributed by atoms with Crippen LogP contribution in [-0.2, 0) is 5.41 Å². The normalized spacial score (nSPS) is 12.4. The molecule has 2 heterocycles. The van der Waals surface area contributed by atoms with Crippen molar-refractivity contribution in [3.05, 3.63) is 326 Å². The minimum atomic E-state index is -0.440. The molecule has 0 saturated heterocycles. The molecular weight excluding hydrogens is 957 g/mol. The Labute approximate surface area is 459 Å². The minimum absolute atomic E-state index is 0.440. The van der Waals surface area contributed by atoms with Crippen molar-refractivity contribution in [1.82, 2.24) is 4.98 Å². The van der Waals surface area contributed by atoms with Crippen LogP contribution in [0.3, 0.4) is 0 Å². The van der Waals surface area contributed by atoms with Gasteiger partial charge in [-0.15, -0.1) is 0 Å². The van der Waals surface area contributed by atoms with Crippen molar-refractivity contribution in [2.24, 2.45) is 0 Å². The van der Waals surface area contributed by atoms with Crippen molar-refractivity contribution in [2.45, 2.75) is 5.41 Å². The van der Waals surface area contributed by atoms with Crippen molar-refractivity contribution in [3.8, 4) is 66.9 Å². The number of para-hydroxylation sites is 3. The molecule has 79 heavy (non-hydrogen) atoms. The molecule has 0 unspecified atom stereocenters. The Balaban J connectivity index is 0.794. The van der Waals surface area contributed by atoms with Crippen LogP contribution in [0.15, 0.2) is 308 Å². The summed E-state index contributed by atoms with van der Waals surface area (Å²) in [7, 11) is 0. The number of hydrogen-bond acceptors (Lipinski definition) is 3. The van der Waals surface area contributed by atoms with Gasteiger partial charge in [0.25, 0.3) is 0 Å². The van der Waals surface area contributed by atoms with Crippen molar-refractivity contribution in [3.63, 3.8) is 0 Å². The maximum absolute atomic E-state index is 6.47. The van der Waals surface area contributed by atoms with Gasteiger partial charge in [0, 0.05) is 44.3 Å². The molecule has 0 spiro atoms. The predicted molar refractivity (Wildman–Crippen MR) is 328 cm³/mol. The van der Waals surface area contributed by atoms with Crippen LogP contribution in [0.4, 0.5) is 17.1 Å². The van der Waals surface area contributed by atoms with E-state index in [-0.39, 0.29) is 0 Å². The SMILES string of the molecule is c1ccc(-c2ccc(N(c3ccc(-c4cc(-c5cccc(-c6ccc7c(c6)-c6ccccc6C7(c6ccccc6)c6ccccc6)c5)c5ccccc5n4)cc3)c3ccc(-c4cccc5c4oc4ccccc45)cc3)cc2)cc1. The second kappa shape index (κ2) is 19.0. The van der Waals surface area contributed by atoms with E-state index >= 15 is 0 Å². The summed E-state index contributed by atoms with van der Waals surface area (Å²) in [6, 6.07) is 110. The molecule has 3 nitrogen and oxygen atoms in total. The number of pyridine rings is 1. The van der Waals surface area contributed by atoms with E-state index in [4.69, 9.17) is 9.40 Å². The Kier molecular flexibility index (Phi) is 11.1. The van der Waals surface area contributed by atoms with Crippen LogP contribution in [0, 0.1) is 0 Å². The van der Waals surface area contributed by atoms with Gasteiger partial charge < -0.3 is 9.32 Å². The highest BCUT2D eigenvalue weighted by Gasteiger charge is 2.46. The molecule has 0 N–H and O–H groups in total. The Hall–Kier alpha value is -10.4. The largest absolute Gasteiger partial charge is 0.455 e. The number of anilines is 3. The Morgan fingerprint density at radius 1 is 0.291 bits per heavy atom. The van der Waals surface area contributed by atoms with Crippen molar-refractivity contribution < 1.29 is 4.42 Å². The van der Waals surface area contributed by atoms with Gasteiger partial charge in [0.05, 0.1) is 16.6 Å². The molecule has 1 aliphatic carbocycles. The second-order valence-corrected chi connectivity index (χ2v) is 20.6. The third kappa shape index (κ3) is 7.78. The maximum atomic E-state index is 6.47. The van der Waals surface area contributed by atoms with E-state index in [0.29, 0.717) is 0 Å². The first-order valence-electron chi connectivity index (χ1n) is 27.1. The van der Waals surface area contributed by atoms with Gasteiger partial charge in [-0.2, -0.15) is 0 Å². The highest BCUT2D eigenvalue weighted by atomic mass is 16.3. The zero-order valence-electron chi connectivity index (χ0n) is 43.2. The number of hydrogen-bond donors (Lipinski definition) is 0. The molecule has 0 bridgehead atoms. The highest BCUT2D eigenvalue weighted by molar-refractivity contribution is 6.09. The Morgan fingerprint density at radius 2 is 0.785 bits per heavy atom. The number of aromatic nitrogens is 1. The van der Waals surface area contributed by atoms with Crippen LogP contribution in [-0.4, -0.2) is 4.98 Å². The van der Waals surface area contributed by atoms with E-state index in [1.807, 2.05) is 12.1 Å². The van der Waals surface area contributed by atoms with E-state index in [2.05, 4.69) is 296 Å². The quantitative estimate of drug-likeness (QED) is 0.137. The zero-order valence-corrected chi connectivity index (χ0v) is 43.2. The Bertz CT molecular complexity index is 4520. The average Bonchev–Trinajstić information content (AvgIpc) is 4.30. The van der Waals surface area contributed by atoms with Gasteiger partial charge in [-0.25, -0.2) is 4.98 Å². The molecule has 15 rings (SSSR count). The van der Waals surface area contributed by atoms with Crippen LogP contribution in [0.1, 0.15) is 22.3 Å². The molecule has 0 fully saturated rings. The lowest BCUT2D eigenvalue weighted by Crippen LogP contribution is -2.28. The van der Waals surface area contributed by atoms with Crippen molar-refractivity contribution in [2.75, 3.05) is 4.90 Å². The zero-order chi connectivity index (χ0) is 52.3. The summed E-state index contributed by atoms with van der Waals surface area (Å²) in [5, 5.41) is 3.36. The number of nitrogens with zero attached hydrogens (tertiary/aromatic N) is 2. The van der Waals surface area contributed by atoms with Gasteiger partial charge in [0.2, 0.25) is 0 Å². The topological polar surface area (TPSA) is 29.3 Å². The van der Waals surface area contributed by atoms with Gasteiger partial charge in [-0.05, 0) is 139 Å². The third-order valence-electron chi connectivity index (χ3n) is 16.2. The van der Waals surface area contributed by atoms with Crippen LogP contribution in [0.2, 0.25) is 0 Å². The first-order valence-corrected chi connectivity index (χ1v) is 27.1. The van der Waals surface area contributed by atoms with Crippen molar-refractivity contribution in [1.29, 1.82) is 0 Å². The van der Waals surface area contributed by atoms with Crippen LogP contribution >= 0.6 is 0 Å². The Morgan fingerprint density at radius 3 is 1.51 bits per heavy atom. The lowest BCUT2D eigenvalue weighted by atomic mass is 9.67. The molecule has 1 aliphatic rings. The molecule has 3 heteroatoms. The van der Waals surface area contributed by atoms with E-state index in [9.17, 15) is 0 Å². The summed E-state index contributed by atoms with van der Waals surface area (Å²) < 4.78 is 6.47. The van der Waals surface area contributed by atoms with E-state index in [0.717, 1.165) is 89.0 Å². The predicted octanol–water partition coefficient (Wildman–Crippen LogP) is 20.3. The summed E-state index contributed by atoms with van der Waals surface area (Å²) in [4.78, 5) is 7.65. The fourth-order valence-corrected chi connectivity index (χ4v) is 12.5. The van der Waals surface area contributed by atoms with Crippen LogP contribution < -0.4 is 4.90 Å². The lowest BCUT2D eigenvalue weighted by molar-refractivity contribution is 0.670. The molecule has 0 atom stereocenters. The second-order valence-electron chi connectivity index (χ2n) is 20.6. The summed E-state index contributed by atoms with van der Waals surface area (Å²) in [5.41, 5.74) is 24.3. The van der Waals surface area contributed by atoms with Gasteiger partial charge in [-0.1, -0.05) is 237 Å². The molecule has 0 amide bonds. The van der Waals surface area contributed by atoms with Crippen molar-refractivity contribution >= 4 is 49.9 Å². The standard InChI is InChI=1S/C76H50N2O/c1-4-18-51(19-5-1)52-34-41-60(42-35-52)78(61-43-36-53(37-44-61)63-29-17-30-67-66-28-12-15-33-74(66)79-75(63)67)62-45-38-54(39-46-62)73-50-68(65-27-11-14-32-72(65)77-73)57-21-16-20-55(48-57)56-40-47-71-69(49-56)64-26-10-13-31-70(64)76(71,58-22-6-2-7-23-58)59-24-8-3-9-25-59/h1-50H. The van der Waals surface area contributed by atoms with Gasteiger partial charge >= 0.3 is 0 Å². The van der Waals surface area contributed by atoms with Crippen LogP contribution in [0.5, 0.6) is 0 Å². The number of furan rings is 1. The summed E-state index contributed by atoms with van der Waals surface area (Å²) in [6.07, 6.45) is 0. The number of rotatable bonds is 10. The smallest absolute Gasteiger partial charge is 0.143 e. The fraction of sp³-hybridized carbons (Fsp3) is 0.0132. The molecular formula is C76H50N2O. The van der Waals surface area contributed by atoms with E-state index < -0.39 is 5.41 Å². The minimum Gasteiger partial charge on any atom is -0.455 e. The monoisotopic (exact) mass is 1010 g/mol. The van der Waals surface area contributed by atoms with E-state index in [1.165, 1.54) is 50.1 Å². The summed E-state index contributed by atoms with van der Waals surface area (Å²) in [5.74, 6) is 0. The molecule has 370 valence electrons. The lowest BCUT2D eigenvalue weighted by Gasteiger charge is -2.33. The van der Waals surface area contributed by atoms with Crippen LogP contribution in [0.25, 0.3) is 99.7 Å². The molecule has 2 aromatic heterocycles. The third-order valence-corrected chi connectivity index (χ3v) is 16.2. The van der Waals surface area contributed by atoms with Gasteiger partial charge in [0.15, 0.2) is 0 Å². The number of fused-ring (bicyclic) bond motifs is 7. The van der Waals surface area contributed by atoms with E-state index in [1.54, 1.807) is 0 Å². The van der Waals surface area contributed by atoms with Gasteiger partial charge in [0.1, 0.15) is 11.2 Å². The first-order chi connectivity index (χ1) is 39.2. The maximum Gasteiger partial charge on any atom is 0.143 e.